The van der Waals surface area contributed by atoms with Gasteiger partial charge in [-0.25, -0.2) is 9.78 Å². The number of aromatic amines is 1. The van der Waals surface area contributed by atoms with Crippen LogP contribution in [0.5, 0.6) is 0 Å². The number of aliphatic hydroxyl groups excluding tert-OH is 1. The summed E-state index contributed by atoms with van der Waals surface area (Å²) in [5, 5.41) is 20.2. The minimum atomic E-state index is -0.191. The summed E-state index contributed by atoms with van der Waals surface area (Å²) in [6, 6.07) is 0.227. The van der Waals surface area contributed by atoms with E-state index in [1.807, 2.05) is 4.90 Å². The molecule has 132 valence electrons. The highest BCUT2D eigenvalue weighted by atomic mass is 16.3. The van der Waals surface area contributed by atoms with Crippen molar-refractivity contribution >= 4 is 6.03 Å². The number of aromatic nitrogens is 3. The molecule has 24 heavy (non-hydrogen) atoms. The van der Waals surface area contributed by atoms with E-state index in [0.717, 1.165) is 56.7 Å². The number of urea groups is 1. The van der Waals surface area contributed by atoms with Crippen LogP contribution in [0, 0.1) is 0 Å². The molecule has 7 heteroatoms. The molecule has 0 aromatic carbocycles. The average molecular weight is 333 g/mol. The van der Waals surface area contributed by atoms with E-state index in [-0.39, 0.29) is 24.1 Å². The molecule has 1 saturated heterocycles. The monoisotopic (exact) mass is 333 g/mol. The number of piperidine rings is 1. The van der Waals surface area contributed by atoms with Crippen LogP contribution in [0.15, 0.2) is 0 Å². The summed E-state index contributed by atoms with van der Waals surface area (Å²) in [5.74, 6) is 2.71. The van der Waals surface area contributed by atoms with E-state index in [4.69, 9.17) is 0 Å². The first kappa shape index (κ1) is 15.9. The summed E-state index contributed by atoms with van der Waals surface area (Å²) in [6.45, 7) is 1.50. The van der Waals surface area contributed by atoms with E-state index in [0.29, 0.717) is 12.5 Å². The fourth-order valence-corrected chi connectivity index (χ4v) is 3.87. The Bertz CT molecular complexity index is 577. The van der Waals surface area contributed by atoms with Gasteiger partial charge < -0.3 is 15.3 Å². The van der Waals surface area contributed by atoms with Crippen LogP contribution in [0.4, 0.5) is 4.79 Å². The molecule has 1 unspecified atom stereocenters. The summed E-state index contributed by atoms with van der Waals surface area (Å²) in [6.07, 6.45) is 7.59. The lowest BCUT2D eigenvalue weighted by atomic mass is 9.93. The number of H-pyrrole nitrogens is 1. The quantitative estimate of drug-likeness (QED) is 0.787. The van der Waals surface area contributed by atoms with Gasteiger partial charge in [-0.05, 0) is 51.4 Å². The molecule has 3 aliphatic rings. The van der Waals surface area contributed by atoms with Crippen LogP contribution in [-0.4, -0.2) is 56.5 Å². The van der Waals surface area contributed by atoms with Gasteiger partial charge in [-0.2, -0.15) is 5.10 Å². The van der Waals surface area contributed by atoms with Crippen molar-refractivity contribution in [2.75, 3.05) is 13.1 Å². The summed E-state index contributed by atoms with van der Waals surface area (Å²) in [5.41, 5.74) is 0. The number of amides is 2. The lowest BCUT2D eigenvalue weighted by molar-refractivity contribution is 0.114. The van der Waals surface area contributed by atoms with Crippen LogP contribution in [0.2, 0.25) is 0 Å². The molecule has 3 fully saturated rings. The Morgan fingerprint density at radius 3 is 2.67 bits per heavy atom. The van der Waals surface area contributed by atoms with E-state index in [9.17, 15) is 9.90 Å². The largest absolute Gasteiger partial charge is 0.393 e. The van der Waals surface area contributed by atoms with Crippen LogP contribution < -0.4 is 5.32 Å². The van der Waals surface area contributed by atoms with E-state index < -0.39 is 0 Å². The Balaban J connectivity index is 1.32. The van der Waals surface area contributed by atoms with Crippen molar-refractivity contribution < 1.29 is 9.90 Å². The first-order chi connectivity index (χ1) is 11.7. The smallest absolute Gasteiger partial charge is 0.317 e. The lowest BCUT2D eigenvalue weighted by Crippen LogP contribution is -2.49. The molecule has 2 aliphatic carbocycles. The predicted octanol–water partition coefficient (Wildman–Crippen LogP) is 1.87. The Hall–Kier alpha value is -1.63. The summed E-state index contributed by atoms with van der Waals surface area (Å²) in [7, 11) is 0. The molecule has 1 aliphatic heterocycles. The highest BCUT2D eigenvalue weighted by Crippen LogP contribution is 2.38. The number of rotatable bonds is 3. The van der Waals surface area contributed by atoms with Crippen LogP contribution in [0.3, 0.4) is 0 Å². The molecule has 0 bridgehead atoms. The van der Waals surface area contributed by atoms with Gasteiger partial charge in [-0.3, -0.25) is 5.10 Å². The molecule has 2 amide bonds. The first-order valence-electron chi connectivity index (χ1n) is 9.34. The van der Waals surface area contributed by atoms with Crippen LogP contribution in [-0.2, 0) is 0 Å². The Kier molecular flexibility index (Phi) is 4.43. The van der Waals surface area contributed by atoms with Crippen LogP contribution in [0.1, 0.15) is 74.9 Å². The highest BCUT2D eigenvalue weighted by molar-refractivity contribution is 5.74. The number of carbonyl (C=O) groups is 1. The zero-order valence-corrected chi connectivity index (χ0v) is 14.1. The van der Waals surface area contributed by atoms with Crippen LogP contribution in [0.25, 0.3) is 0 Å². The van der Waals surface area contributed by atoms with E-state index in [1.54, 1.807) is 0 Å². The number of aliphatic hydroxyl groups is 1. The van der Waals surface area contributed by atoms with Gasteiger partial charge in [0, 0.05) is 31.0 Å². The number of likely N-dealkylation sites (tertiary alicyclic amines) is 1. The average Bonchev–Trinajstić information content (AvgIpc) is 3.34. The minimum Gasteiger partial charge on any atom is -0.393 e. The third-order valence-corrected chi connectivity index (χ3v) is 5.58. The standard InChI is InChI=1S/C17H27N5O2/c23-14-7-5-13(6-8-14)18-17(24)22-9-1-2-12(10-22)16-19-15(20-21-16)11-3-4-11/h11-14,23H,1-10H2,(H,18,24)(H,19,20,21). The van der Waals surface area contributed by atoms with Crippen molar-refractivity contribution in [2.45, 2.75) is 75.3 Å². The van der Waals surface area contributed by atoms with Crippen molar-refractivity contribution in [1.29, 1.82) is 0 Å². The van der Waals surface area contributed by atoms with E-state index in [2.05, 4.69) is 20.5 Å². The normalized spacial score (nSPS) is 31.0. The van der Waals surface area contributed by atoms with Crippen molar-refractivity contribution in [2.24, 2.45) is 0 Å². The summed E-state index contributed by atoms with van der Waals surface area (Å²) >= 11 is 0. The maximum Gasteiger partial charge on any atom is 0.317 e. The predicted molar refractivity (Wildman–Crippen MR) is 88.7 cm³/mol. The molecule has 7 nitrogen and oxygen atoms in total. The molecule has 1 atom stereocenters. The molecule has 3 N–H and O–H groups in total. The zero-order chi connectivity index (χ0) is 16.5. The van der Waals surface area contributed by atoms with Gasteiger partial charge in [0.25, 0.3) is 0 Å². The van der Waals surface area contributed by atoms with Crippen molar-refractivity contribution in [3.8, 4) is 0 Å². The molecular weight excluding hydrogens is 306 g/mol. The number of hydrogen-bond donors (Lipinski definition) is 3. The van der Waals surface area contributed by atoms with Gasteiger partial charge in [0.05, 0.1) is 6.10 Å². The fraction of sp³-hybridized carbons (Fsp3) is 0.824. The number of nitrogens with zero attached hydrogens (tertiary/aromatic N) is 3. The van der Waals surface area contributed by atoms with Crippen molar-refractivity contribution in [3.05, 3.63) is 11.6 Å². The Labute approximate surface area is 142 Å². The van der Waals surface area contributed by atoms with Gasteiger partial charge in [0.2, 0.25) is 0 Å². The Morgan fingerprint density at radius 2 is 1.92 bits per heavy atom. The number of nitrogens with one attached hydrogen (secondary N) is 2. The van der Waals surface area contributed by atoms with E-state index >= 15 is 0 Å². The third kappa shape index (κ3) is 3.55. The number of hydrogen-bond acceptors (Lipinski definition) is 4. The first-order valence-corrected chi connectivity index (χ1v) is 9.34. The molecule has 2 saturated carbocycles. The molecule has 0 radical (unpaired) electrons. The van der Waals surface area contributed by atoms with Gasteiger partial charge >= 0.3 is 6.03 Å². The second kappa shape index (κ2) is 6.70. The third-order valence-electron chi connectivity index (χ3n) is 5.58. The Morgan fingerprint density at radius 1 is 1.12 bits per heavy atom. The van der Waals surface area contributed by atoms with Gasteiger partial charge in [0.1, 0.15) is 5.82 Å². The van der Waals surface area contributed by atoms with E-state index in [1.165, 1.54) is 12.8 Å². The minimum absolute atomic E-state index is 0.0269. The van der Waals surface area contributed by atoms with Crippen LogP contribution >= 0.6 is 0 Å². The maximum atomic E-state index is 12.6. The highest BCUT2D eigenvalue weighted by Gasteiger charge is 2.32. The molecule has 0 spiro atoms. The molecule has 2 heterocycles. The molecule has 1 aromatic rings. The second-order valence-corrected chi connectivity index (χ2v) is 7.59. The van der Waals surface area contributed by atoms with Gasteiger partial charge in [-0.1, -0.05) is 0 Å². The number of carbonyl (C=O) groups excluding carboxylic acids is 1. The fourth-order valence-electron chi connectivity index (χ4n) is 3.87. The second-order valence-electron chi connectivity index (χ2n) is 7.59. The zero-order valence-electron chi connectivity index (χ0n) is 14.1. The summed E-state index contributed by atoms with van der Waals surface area (Å²) < 4.78 is 0. The van der Waals surface area contributed by atoms with Crippen molar-refractivity contribution in [1.82, 2.24) is 25.4 Å². The SMILES string of the molecule is O=C(NC1CCC(O)CC1)N1CCCC(c2n[nH]c(C3CC3)n2)C1. The maximum absolute atomic E-state index is 12.6. The molecular formula is C17H27N5O2. The van der Waals surface area contributed by atoms with Crippen molar-refractivity contribution in [3.63, 3.8) is 0 Å². The molecule has 1 aromatic heterocycles. The van der Waals surface area contributed by atoms with Gasteiger partial charge in [0.15, 0.2) is 5.82 Å². The summed E-state index contributed by atoms with van der Waals surface area (Å²) in [4.78, 5) is 19.1. The van der Waals surface area contributed by atoms with Gasteiger partial charge in [-0.15, -0.1) is 0 Å². The molecule has 4 rings (SSSR count). The topological polar surface area (TPSA) is 94.1 Å². The lowest BCUT2D eigenvalue weighted by Gasteiger charge is -2.34.